The molecule has 4 heterocycles. The van der Waals surface area contributed by atoms with Crippen molar-refractivity contribution in [3.63, 3.8) is 0 Å². The van der Waals surface area contributed by atoms with E-state index in [1.165, 1.54) is 35.2 Å². The van der Waals surface area contributed by atoms with Crippen molar-refractivity contribution in [2.45, 2.75) is 43.6 Å². The van der Waals surface area contributed by atoms with Crippen molar-refractivity contribution in [3.05, 3.63) is 59.0 Å². The summed E-state index contributed by atoms with van der Waals surface area (Å²) in [6.45, 7) is 0. The maximum atomic E-state index is 14.9. The molecule has 0 aliphatic carbocycles. The molecule has 33 heavy (non-hydrogen) atoms. The van der Waals surface area contributed by atoms with Crippen LogP contribution in [0.3, 0.4) is 0 Å². The Hall–Kier alpha value is -3.33. The van der Waals surface area contributed by atoms with Crippen LogP contribution in [0.4, 0.5) is 14.6 Å². The minimum Gasteiger partial charge on any atom is -0.507 e. The fourth-order valence-electron chi connectivity index (χ4n) is 4.87. The molecule has 172 valence electrons. The number of hydrogen-bond acceptors (Lipinski definition) is 6. The number of hydrogen-bond donors (Lipinski definition) is 2. The number of benzene rings is 1. The third kappa shape index (κ3) is 3.86. The lowest BCUT2D eigenvalue weighted by atomic mass is 9.96. The van der Waals surface area contributed by atoms with Gasteiger partial charge in [0.05, 0.1) is 24.1 Å². The molecule has 3 aromatic rings. The lowest BCUT2D eigenvalue weighted by Crippen LogP contribution is -2.55. The normalized spacial score (nSPS) is 24.1. The summed E-state index contributed by atoms with van der Waals surface area (Å²) in [6, 6.07) is 5.29. The first-order chi connectivity index (χ1) is 15.8. The van der Waals surface area contributed by atoms with E-state index in [-0.39, 0.29) is 34.5 Å². The van der Waals surface area contributed by atoms with Crippen molar-refractivity contribution in [2.75, 3.05) is 11.9 Å². The number of phenols is 1. The highest BCUT2D eigenvalue weighted by Crippen LogP contribution is 2.36. The van der Waals surface area contributed by atoms with Crippen molar-refractivity contribution >= 4 is 5.82 Å². The molecule has 2 aliphatic rings. The summed E-state index contributed by atoms with van der Waals surface area (Å²) in [6.07, 6.45) is 6.04. The minimum absolute atomic E-state index is 0.118. The van der Waals surface area contributed by atoms with E-state index in [2.05, 4.69) is 15.3 Å². The lowest BCUT2D eigenvalue weighted by Gasteiger charge is -2.38. The Balaban J connectivity index is 1.40. The third-order valence-corrected chi connectivity index (χ3v) is 6.83. The van der Waals surface area contributed by atoms with Crippen LogP contribution in [-0.4, -0.2) is 51.0 Å². The summed E-state index contributed by atoms with van der Waals surface area (Å²) in [5.74, 6) is -0.254. The van der Waals surface area contributed by atoms with Gasteiger partial charge in [-0.2, -0.15) is 0 Å². The zero-order chi connectivity index (χ0) is 23.3. The largest absolute Gasteiger partial charge is 0.507 e. The number of nitrogens with one attached hydrogen (secondary N) is 1. The molecule has 5 rings (SSSR count). The van der Waals surface area contributed by atoms with Crippen LogP contribution in [0.2, 0.25) is 0 Å². The predicted molar refractivity (Wildman–Crippen MR) is 121 cm³/mol. The number of aromatic hydroxyl groups is 1. The van der Waals surface area contributed by atoms with E-state index in [0.29, 0.717) is 29.5 Å². The first kappa shape index (κ1) is 21.5. The van der Waals surface area contributed by atoms with Gasteiger partial charge in [0.2, 0.25) is 0 Å². The van der Waals surface area contributed by atoms with Crippen molar-refractivity contribution in [1.82, 2.24) is 19.9 Å². The molecule has 0 amide bonds. The second kappa shape index (κ2) is 8.22. The van der Waals surface area contributed by atoms with Crippen LogP contribution < -0.4 is 15.8 Å². The van der Waals surface area contributed by atoms with Crippen LogP contribution >= 0.6 is 0 Å². The Kier molecular flexibility index (Phi) is 5.36. The van der Waals surface area contributed by atoms with Gasteiger partial charge in [-0.3, -0.25) is 9.78 Å². The summed E-state index contributed by atoms with van der Waals surface area (Å²) in [7, 11) is 3.41. The molecule has 7 nitrogen and oxygen atoms in total. The van der Waals surface area contributed by atoms with E-state index in [9.17, 15) is 18.7 Å². The summed E-state index contributed by atoms with van der Waals surface area (Å²) in [5, 5.41) is 13.9. The maximum absolute atomic E-state index is 14.9. The van der Waals surface area contributed by atoms with Gasteiger partial charge in [0.1, 0.15) is 23.6 Å². The third-order valence-electron chi connectivity index (χ3n) is 6.83. The Labute approximate surface area is 189 Å². The number of aromatic nitrogens is 3. The SMILES string of the molecule is CN(c1cnc(-c2cc(F)c(-c3ccn(C)c(=O)c3)cc2O)cn1)[C@H]1C[C@@H]2CC[C@@H](N2)[C@H]1F. The van der Waals surface area contributed by atoms with Gasteiger partial charge in [-0.05, 0) is 43.0 Å². The zero-order valence-corrected chi connectivity index (χ0v) is 18.4. The van der Waals surface area contributed by atoms with Gasteiger partial charge in [-0.15, -0.1) is 0 Å². The number of anilines is 1. The zero-order valence-electron chi connectivity index (χ0n) is 18.4. The average molecular weight is 453 g/mol. The van der Waals surface area contributed by atoms with Crippen LogP contribution in [-0.2, 0) is 7.05 Å². The molecule has 2 bridgehead atoms. The smallest absolute Gasteiger partial charge is 0.250 e. The molecule has 4 atom stereocenters. The summed E-state index contributed by atoms with van der Waals surface area (Å²) < 4.78 is 31.2. The van der Waals surface area contributed by atoms with Crippen LogP contribution in [0.25, 0.3) is 22.4 Å². The predicted octanol–water partition coefficient (Wildman–Crippen LogP) is 3.02. The molecule has 2 aromatic heterocycles. The Morgan fingerprint density at radius 2 is 2.00 bits per heavy atom. The van der Waals surface area contributed by atoms with Gasteiger partial charge in [-0.25, -0.2) is 13.8 Å². The fourth-order valence-corrected chi connectivity index (χ4v) is 4.87. The van der Waals surface area contributed by atoms with E-state index in [0.717, 1.165) is 12.8 Å². The maximum Gasteiger partial charge on any atom is 0.250 e. The van der Waals surface area contributed by atoms with Gasteiger partial charge in [-0.1, -0.05) is 0 Å². The molecule has 9 heteroatoms. The number of rotatable bonds is 4. The van der Waals surface area contributed by atoms with E-state index in [1.54, 1.807) is 19.3 Å². The molecule has 2 saturated heterocycles. The van der Waals surface area contributed by atoms with Gasteiger partial charge >= 0.3 is 0 Å². The molecule has 2 fully saturated rings. The molecule has 1 aromatic carbocycles. The van der Waals surface area contributed by atoms with Crippen LogP contribution in [0.5, 0.6) is 5.75 Å². The molecule has 0 unspecified atom stereocenters. The van der Waals surface area contributed by atoms with Crippen molar-refractivity contribution in [3.8, 4) is 28.1 Å². The molecule has 0 spiro atoms. The Morgan fingerprint density at radius 3 is 2.73 bits per heavy atom. The van der Waals surface area contributed by atoms with E-state index < -0.39 is 12.0 Å². The topological polar surface area (TPSA) is 83.3 Å². The molecule has 2 aliphatic heterocycles. The van der Waals surface area contributed by atoms with E-state index in [1.807, 2.05) is 11.9 Å². The minimum atomic E-state index is -0.990. The highest BCUT2D eigenvalue weighted by Gasteiger charge is 2.43. The lowest BCUT2D eigenvalue weighted by molar-refractivity contribution is 0.176. The van der Waals surface area contributed by atoms with Crippen LogP contribution in [0.15, 0.2) is 47.7 Å². The van der Waals surface area contributed by atoms with Gasteiger partial charge < -0.3 is 19.9 Å². The number of nitrogens with zero attached hydrogens (tertiary/aromatic N) is 4. The van der Waals surface area contributed by atoms with Crippen molar-refractivity contribution in [1.29, 1.82) is 0 Å². The standard InChI is InChI=1S/C24H25F2N5O2/c1-30-6-5-13(7-23(30)33)15-10-21(32)16(9-17(15)25)19-11-28-22(12-27-19)31(2)20-8-14-3-4-18(29-14)24(20)26/h5-7,9-12,14,18,20,24,29,32H,3-4,8H2,1-2H3/t14-,18+,20-,24+/m0/s1. The summed E-state index contributed by atoms with van der Waals surface area (Å²) in [5.41, 5.74) is 0.689. The van der Waals surface area contributed by atoms with Gasteiger partial charge in [0.25, 0.3) is 5.56 Å². The number of halogens is 2. The highest BCUT2D eigenvalue weighted by molar-refractivity contribution is 5.74. The quantitative estimate of drug-likeness (QED) is 0.632. The summed E-state index contributed by atoms with van der Waals surface area (Å²) in [4.78, 5) is 22.5. The number of alkyl halides is 1. The monoisotopic (exact) mass is 453 g/mol. The molecular weight excluding hydrogens is 428 g/mol. The van der Waals surface area contributed by atoms with E-state index in [4.69, 9.17) is 0 Å². The number of aryl methyl sites for hydroxylation is 1. The van der Waals surface area contributed by atoms with Crippen LogP contribution in [0, 0.1) is 5.82 Å². The van der Waals surface area contributed by atoms with Crippen molar-refractivity contribution < 1.29 is 13.9 Å². The van der Waals surface area contributed by atoms with Gasteiger partial charge in [0, 0.05) is 49.6 Å². The number of phenolic OH excluding ortho intramolecular Hbond substituents is 1. The molecule has 0 saturated carbocycles. The Morgan fingerprint density at radius 1 is 1.18 bits per heavy atom. The van der Waals surface area contributed by atoms with Crippen LogP contribution in [0.1, 0.15) is 19.3 Å². The fraction of sp³-hybridized carbons (Fsp3) is 0.375. The first-order valence-electron chi connectivity index (χ1n) is 11.0. The molecular formula is C24H25F2N5O2. The highest BCUT2D eigenvalue weighted by atomic mass is 19.1. The second-order valence-corrected chi connectivity index (χ2v) is 8.88. The second-order valence-electron chi connectivity index (χ2n) is 8.88. The van der Waals surface area contributed by atoms with Crippen molar-refractivity contribution in [2.24, 2.45) is 7.05 Å². The number of pyridine rings is 1. The number of fused-ring (bicyclic) bond motifs is 2. The van der Waals surface area contributed by atoms with Gasteiger partial charge in [0.15, 0.2) is 0 Å². The molecule has 2 N–H and O–H groups in total. The summed E-state index contributed by atoms with van der Waals surface area (Å²) >= 11 is 0. The Bertz CT molecular complexity index is 1250. The first-order valence-corrected chi connectivity index (χ1v) is 11.0. The van der Waals surface area contributed by atoms with E-state index >= 15 is 0 Å². The molecule has 0 radical (unpaired) electrons. The average Bonchev–Trinajstić information content (AvgIpc) is 3.22. The number of piperidine rings is 1.